The molecule has 2 heterocycles. The zero-order valence-corrected chi connectivity index (χ0v) is 12.2. The maximum Gasteiger partial charge on any atom is 0.279 e. The van der Waals surface area contributed by atoms with Crippen molar-refractivity contribution in [2.24, 2.45) is 0 Å². The molecule has 1 amide bonds. The second-order valence-corrected chi connectivity index (χ2v) is 5.71. The van der Waals surface area contributed by atoms with Gasteiger partial charge in [0.25, 0.3) is 5.91 Å². The SMILES string of the molecule is O=C(C[NH+]1CCC2(CC1)OCCO2)Nc1ccc(F)cc1F. The fourth-order valence-corrected chi connectivity index (χ4v) is 2.96. The summed E-state index contributed by atoms with van der Waals surface area (Å²) >= 11 is 0. The van der Waals surface area contributed by atoms with Gasteiger partial charge in [-0.25, -0.2) is 8.78 Å². The van der Waals surface area contributed by atoms with E-state index in [1.807, 2.05) is 0 Å². The number of amides is 1. The van der Waals surface area contributed by atoms with Crippen molar-refractivity contribution in [1.29, 1.82) is 0 Å². The van der Waals surface area contributed by atoms with Gasteiger partial charge in [-0.2, -0.15) is 0 Å². The van der Waals surface area contributed by atoms with Crippen LogP contribution in [0.4, 0.5) is 14.5 Å². The van der Waals surface area contributed by atoms with Gasteiger partial charge in [0.05, 0.1) is 44.8 Å². The Balaban J connectivity index is 1.50. The van der Waals surface area contributed by atoms with E-state index in [0.29, 0.717) is 13.2 Å². The minimum Gasteiger partial charge on any atom is -0.347 e. The molecule has 0 unspecified atom stereocenters. The van der Waals surface area contributed by atoms with Crippen molar-refractivity contribution in [2.75, 3.05) is 38.2 Å². The normalized spacial score (nSPS) is 21.2. The van der Waals surface area contributed by atoms with E-state index in [0.717, 1.165) is 43.0 Å². The lowest BCUT2D eigenvalue weighted by Crippen LogP contribution is -3.14. The van der Waals surface area contributed by atoms with Crippen LogP contribution in [0.2, 0.25) is 0 Å². The molecule has 2 aliphatic rings. The predicted octanol–water partition coefficient (Wildman–Crippen LogP) is 0.325. The maximum absolute atomic E-state index is 13.5. The number of ether oxygens (including phenoxy) is 2. The number of carbonyl (C=O) groups is 1. The maximum atomic E-state index is 13.5. The molecule has 0 aromatic heterocycles. The topological polar surface area (TPSA) is 52.0 Å². The van der Waals surface area contributed by atoms with Crippen molar-refractivity contribution in [3.63, 3.8) is 0 Å². The van der Waals surface area contributed by atoms with Crippen molar-refractivity contribution in [1.82, 2.24) is 0 Å². The summed E-state index contributed by atoms with van der Waals surface area (Å²) in [5, 5.41) is 2.48. The van der Waals surface area contributed by atoms with Gasteiger partial charge in [-0.1, -0.05) is 0 Å². The number of likely N-dealkylation sites (tertiary alicyclic amines) is 1. The Morgan fingerprint density at radius 2 is 1.91 bits per heavy atom. The molecule has 0 saturated carbocycles. The summed E-state index contributed by atoms with van der Waals surface area (Å²) in [5.74, 6) is -2.18. The summed E-state index contributed by atoms with van der Waals surface area (Å²) in [4.78, 5) is 13.1. The summed E-state index contributed by atoms with van der Waals surface area (Å²) in [6.45, 7) is 3.02. The van der Waals surface area contributed by atoms with Gasteiger partial charge in [-0.05, 0) is 12.1 Å². The quantitative estimate of drug-likeness (QED) is 0.845. The first-order valence-electron chi connectivity index (χ1n) is 7.43. The van der Waals surface area contributed by atoms with Gasteiger partial charge in [0, 0.05) is 6.07 Å². The molecule has 2 aliphatic heterocycles. The zero-order valence-electron chi connectivity index (χ0n) is 12.2. The van der Waals surface area contributed by atoms with Gasteiger partial charge < -0.3 is 19.7 Å². The molecular weight excluding hydrogens is 294 g/mol. The molecule has 2 N–H and O–H groups in total. The molecule has 22 heavy (non-hydrogen) atoms. The first-order valence-corrected chi connectivity index (χ1v) is 7.43. The molecule has 2 saturated heterocycles. The van der Waals surface area contributed by atoms with E-state index in [-0.39, 0.29) is 18.1 Å². The fraction of sp³-hybridized carbons (Fsp3) is 0.533. The van der Waals surface area contributed by atoms with Crippen molar-refractivity contribution < 1.29 is 27.9 Å². The third kappa shape index (κ3) is 3.43. The van der Waals surface area contributed by atoms with E-state index in [2.05, 4.69) is 5.32 Å². The van der Waals surface area contributed by atoms with E-state index in [4.69, 9.17) is 9.47 Å². The fourth-order valence-electron chi connectivity index (χ4n) is 2.96. The Morgan fingerprint density at radius 3 is 2.55 bits per heavy atom. The Kier molecular flexibility index (Phi) is 4.37. The van der Waals surface area contributed by atoms with Crippen LogP contribution in [0.15, 0.2) is 18.2 Å². The molecule has 2 fully saturated rings. The number of nitrogens with one attached hydrogen (secondary N) is 2. The molecule has 0 atom stereocenters. The highest BCUT2D eigenvalue weighted by molar-refractivity contribution is 5.91. The number of halogens is 2. The monoisotopic (exact) mass is 313 g/mol. The Morgan fingerprint density at radius 1 is 1.23 bits per heavy atom. The molecule has 7 heteroatoms. The highest BCUT2D eigenvalue weighted by Gasteiger charge is 2.42. The largest absolute Gasteiger partial charge is 0.347 e. The number of anilines is 1. The lowest BCUT2D eigenvalue weighted by molar-refractivity contribution is -0.900. The van der Waals surface area contributed by atoms with Crippen LogP contribution < -0.4 is 10.2 Å². The average molecular weight is 313 g/mol. The standard InChI is InChI=1S/C15H18F2N2O3/c16-11-1-2-13(12(17)9-11)18-14(20)10-19-5-3-15(4-6-19)21-7-8-22-15/h1-2,9H,3-8,10H2,(H,18,20)/p+1. The third-order valence-electron chi connectivity index (χ3n) is 4.15. The first kappa shape index (κ1) is 15.3. The summed E-state index contributed by atoms with van der Waals surface area (Å²) in [7, 11) is 0. The smallest absolute Gasteiger partial charge is 0.279 e. The van der Waals surface area contributed by atoms with Crippen LogP contribution in [0.1, 0.15) is 12.8 Å². The Bertz CT molecular complexity index is 552. The minimum absolute atomic E-state index is 0.00161. The molecule has 0 bridgehead atoms. The molecule has 120 valence electrons. The molecule has 1 aromatic rings. The number of rotatable bonds is 3. The summed E-state index contributed by atoms with van der Waals surface area (Å²) in [5.41, 5.74) is 0.00161. The predicted molar refractivity (Wildman–Crippen MR) is 74.4 cm³/mol. The van der Waals surface area contributed by atoms with E-state index >= 15 is 0 Å². The molecule has 0 radical (unpaired) electrons. The number of quaternary nitrogens is 1. The van der Waals surface area contributed by atoms with Crippen molar-refractivity contribution >= 4 is 11.6 Å². The summed E-state index contributed by atoms with van der Waals surface area (Å²) < 4.78 is 37.6. The number of hydrogen-bond donors (Lipinski definition) is 2. The van der Waals surface area contributed by atoms with Crippen LogP contribution in [0.3, 0.4) is 0 Å². The summed E-state index contributed by atoms with van der Waals surface area (Å²) in [6.07, 6.45) is 1.50. The highest BCUT2D eigenvalue weighted by atomic mass is 19.1. The van der Waals surface area contributed by atoms with Crippen molar-refractivity contribution in [2.45, 2.75) is 18.6 Å². The Labute approximate surface area is 127 Å². The van der Waals surface area contributed by atoms with Gasteiger partial charge in [0.1, 0.15) is 11.6 Å². The van der Waals surface area contributed by atoms with Gasteiger partial charge in [-0.15, -0.1) is 0 Å². The van der Waals surface area contributed by atoms with E-state index in [1.54, 1.807) is 0 Å². The van der Waals surface area contributed by atoms with Crippen molar-refractivity contribution in [3.05, 3.63) is 29.8 Å². The lowest BCUT2D eigenvalue weighted by Gasteiger charge is -2.34. The van der Waals surface area contributed by atoms with E-state index in [9.17, 15) is 13.6 Å². The number of benzene rings is 1. The summed E-state index contributed by atoms with van der Waals surface area (Å²) in [6, 6.07) is 3.09. The number of carbonyl (C=O) groups excluding carboxylic acids is 1. The van der Waals surface area contributed by atoms with Gasteiger partial charge >= 0.3 is 0 Å². The average Bonchev–Trinajstić information content (AvgIpc) is 2.93. The first-order chi connectivity index (χ1) is 10.6. The van der Waals surface area contributed by atoms with Crippen LogP contribution in [0, 0.1) is 11.6 Å². The second-order valence-electron chi connectivity index (χ2n) is 5.71. The van der Waals surface area contributed by atoms with Crippen LogP contribution in [-0.2, 0) is 14.3 Å². The molecular formula is C15H19F2N2O3+. The third-order valence-corrected chi connectivity index (χ3v) is 4.15. The Hall–Kier alpha value is -1.57. The number of hydrogen-bond acceptors (Lipinski definition) is 3. The molecule has 3 rings (SSSR count). The van der Waals surface area contributed by atoms with Gasteiger partial charge in [0.2, 0.25) is 0 Å². The van der Waals surface area contributed by atoms with Gasteiger partial charge in [-0.3, -0.25) is 4.79 Å². The second kappa shape index (κ2) is 6.28. The van der Waals surface area contributed by atoms with Crippen LogP contribution >= 0.6 is 0 Å². The zero-order chi connectivity index (χ0) is 15.6. The number of piperidine rings is 1. The van der Waals surface area contributed by atoms with Crippen LogP contribution in [0.25, 0.3) is 0 Å². The molecule has 1 spiro atoms. The highest BCUT2D eigenvalue weighted by Crippen LogP contribution is 2.27. The van der Waals surface area contributed by atoms with E-state index < -0.39 is 17.4 Å². The molecule has 5 nitrogen and oxygen atoms in total. The molecule has 0 aliphatic carbocycles. The minimum atomic E-state index is -0.770. The van der Waals surface area contributed by atoms with Gasteiger partial charge in [0.15, 0.2) is 12.3 Å². The van der Waals surface area contributed by atoms with Crippen LogP contribution in [0.5, 0.6) is 0 Å². The van der Waals surface area contributed by atoms with Crippen molar-refractivity contribution in [3.8, 4) is 0 Å². The molecule has 1 aromatic carbocycles. The van der Waals surface area contributed by atoms with E-state index in [1.165, 1.54) is 6.07 Å². The van der Waals surface area contributed by atoms with Crippen LogP contribution in [-0.4, -0.2) is 44.5 Å². The lowest BCUT2D eigenvalue weighted by atomic mass is 10.0.